The molecule has 0 aliphatic carbocycles. The van der Waals surface area contributed by atoms with Crippen LogP contribution in [0.25, 0.3) is 0 Å². The molecule has 0 radical (unpaired) electrons. The highest BCUT2D eigenvalue weighted by molar-refractivity contribution is 5.96. The third-order valence-electron chi connectivity index (χ3n) is 2.43. The van der Waals surface area contributed by atoms with Gasteiger partial charge < -0.3 is 15.2 Å². The molecule has 2 rings (SSSR count). The van der Waals surface area contributed by atoms with Crippen LogP contribution in [0.15, 0.2) is 18.5 Å². The van der Waals surface area contributed by atoms with E-state index in [-0.39, 0.29) is 5.91 Å². The van der Waals surface area contributed by atoms with Gasteiger partial charge in [-0.2, -0.15) is 0 Å². The first-order valence-electron chi connectivity index (χ1n) is 4.41. The normalized spacial score (nSPS) is 22.7. The Hall–Kier alpha value is -1.29. The van der Waals surface area contributed by atoms with Gasteiger partial charge in [0, 0.05) is 31.4 Å². The number of anilines is 1. The maximum atomic E-state index is 11.5. The van der Waals surface area contributed by atoms with Gasteiger partial charge in [0.05, 0.1) is 5.69 Å². The number of amides is 1. The van der Waals surface area contributed by atoms with Crippen LogP contribution >= 0.6 is 0 Å². The smallest absolute Gasteiger partial charge is 0.228 e. The second kappa shape index (κ2) is 3.22. The van der Waals surface area contributed by atoms with Gasteiger partial charge in [-0.3, -0.25) is 4.79 Å². The second-order valence-electron chi connectivity index (χ2n) is 3.26. The van der Waals surface area contributed by atoms with E-state index >= 15 is 0 Å². The van der Waals surface area contributed by atoms with E-state index < -0.39 is 0 Å². The zero-order valence-electron chi connectivity index (χ0n) is 7.58. The molecule has 1 aliphatic heterocycles. The van der Waals surface area contributed by atoms with Crippen LogP contribution in [-0.2, 0) is 4.79 Å². The van der Waals surface area contributed by atoms with E-state index in [1.165, 1.54) is 0 Å². The first kappa shape index (κ1) is 8.31. The molecule has 70 valence electrons. The van der Waals surface area contributed by atoms with Crippen LogP contribution in [0.2, 0.25) is 0 Å². The van der Waals surface area contributed by atoms with Crippen molar-refractivity contribution < 1.29 is 4.79 Å². The van der Waals surface area contributed by atoms with Crippen molar-refractivity contribution in [3.63, 3.8) is 0 Å². The summed E-state index contributed by atoms with van der Waals surface area (Å²) in [5.41, 5.74) is 0.961. The molecule has 4 heteroatoms. The van der Waals surface area contributed by atoms with Crippen LogP contribution in [0, 0.1) is 0 Å². The number of likely N-dealkylation sites (N-methyl/N-ethyl adjacent to an activating group) is 1. The van der Waals surface area contributed by atoms with Crippen LogP contribution in [0.5, 0.6) is 0 Å². The molecule has 2 N–H and O–H groups in total. The van der Waals surface area contributed by atoms with Crippen LogP contribution < -0.4 is 10.2 Å². The van der Waals surface area contributed by atoms with Gasteiger partial charge in [-0.15, -0.1) is 0 Å². The number of aromatic amines is 1. The number of H-pyrrole nitrogens is 1. The number of aromatic nitrogens is 1. The highest BCUT2D eigenvalue weighted by atomic mass is 16.2. The lowest BCUT2D eigenvalue weighted by molar-refractivity contribution is -0.117. The van der Waals surface area contributed by atoms with Crippen LogP contribution in [0.1, 0.15) is 6.42 Å². The fraction of sp³-hybridized carbons (Fsp3) is 0.444. The van der Waals surface area contributed by atoms with Crippen LogP contribution in [-0.4, -0.2) is 30.5 Å². The summed E-state index contributed by atoms with van der Waals surface area (Å²) in [7, 11) is 1.89. The van der Waals surface area contributed by atoms with Gasteiger partial charge in [-0.25, -0.2) is 0 Å². The molecule has 1 fully saturated rings. The second-order valence-corrected chi connectivity index (χ2v) is 3.26. The molecule has 1 aliphatic rings. The average molecular weight is 179 g/mol. The van der Waals surface area contributed by atoms with Crippen molar-refractivity contribution in [3.05, 3.63) is 18.5 Å². The van der Waals surface area contributed by atoms with Crippen molar-refractivity contribution >= 4 is 11.6 Å². The van der Waals surface area contributed by atoms with E-state index in [2.05, 4.69) is 10.3 Å². The van der Waals surface area contributed by atoms with E-state index in [9.17, 15) is 4.79 Å². The van der Waals surface area contributed by atoms with Gasteiger partial charge in [-0.05, 0) is 13.1 Å². The number of nitrogens with zero attached hydrogens (tertiary/aromatic N) is 1. The number of carbonyl (C=O) groups excluding carboxylic acids is 1. The summed E-state index contributed by atoms with van der Waals surface area (Å²) in [6, 6.07) is 2.21. The molecule has 1 amide bonds. The lowest BCUT2D eigenvalue weighted by atomic mass is 10.3. The molecule has 1 aromatic rings. The molecule has 0 saturated carbocycles. The summed E-state index contributed by atoms with van der Waals surface area (Å²) in [4.78, 5) is 16.3. The van der Waals surface area contributed by atoms with Gasteiger partial charge in [0.15, 0.2) is 0 Å². The van der Waals surface area contributed by atoms with Crippen molar-refractivity contribution in [1.29, 1.82) is 0 Å². The average Bonchev–Trinajstić information content (AvgIpc) is 2.72. The van der Waals surface area contributed by atoms with E-state index in [0.717, 1.165) is 12.2 Å². The maximum absolute atomic E-state index is 11.5. The Morgan fingerprint density at radius 2 is 2.54 bits per heavy atom. The Balaban J connectivity index is 2.14. The van der Waals surface area contributed by atoms with Crippen molar-refractivity contribution in [3.8, 4) is 0 Å². The SMILES string of the molecule is CNC1CC(=O)N(c2cc[nH]c2)C1. The minimum absolute atomic E-state index is 0.193. The van der Waals surface area contributed by atoms with Crippen molar-refractivity contribution in [2.24, 2.45) is 0 Å². The van der Waals surface area contributed by atoms with E-state index in [1.54, 1.807) is 4.90 Å². The predicted molar refractivity (Wildman–Crippen MR) is 50.6 cm³/mol. The van der Waals surface area contributed by atoms with E-state index in [4.69, 9.17) is 0 Å². The Morgan fingerprint density at radius 3 is 3.08 bits per heavy atom. The Labute approximate surface area is 76.9 Å². The number of carbonyl (C=O) groups is 1. The van der Waals surface area contributed by atoms with Gasteiger partial charge in [0.1, 0.15) is 0 Å². The molecule has 1 atom stereocenters. The Kier molecular flexibility index (Phi) is 2.06. The largest absolute Gasteiger partial charge is 0.366 e. The molecule has 1 unspecified atom stereocenters. The number of rotatable bonds is 2. The zero-order valence-corrected chi connectivity index (χ0v) is 7.58. The predicted octanol–water partition coefficient (Wildman–Crippen LogP) is 0.339. The Bertz CT molecular complexity index is 294. The molecule has 4 nitrogen and oxygen atoms in total. The molecule has 0 bridgehead atoms. The van der Waals surface area contributed by atoms with Crippen molar-refractivity contribution in [2.75, 3.05) is 18.5 Å². The lowest BCUT2D eigenvalue weighted by Gasteiger charge is -2.13. The highest BCUT2D eigenvalue weighted by Gasteiger charge is 2.29. The maximum Gasteiger partial charge on any atom is 0.228 e. The molecular weight excluding hydrogens is 166 g/mol. The molecule has 1 saturated heterocycles. The Morgan fingerprint density at radius 1 is 1.69 bits per heavy atom. The molecule has 0 spiro atoms. The summed E-state index contributed by atoms with van der Waals surface area (Å²) < 4.78 is 0. The topological polar surface area (TPSA) is 48.1 Å². The summed E-state index contributed by atoms with van der Waals surface area (Å²) in [5.74, 6) is 0.193. The van der Waals surface area contributed by atoms with Crippen LogP contribution in [0.4, 0.5) is 5.69 Å². The minimum atomic E-state index is 0.193. The quantitative estimate of drug-likeness (QED) is 0.687. The summed E-state index contributed by atoms with van der Waals surface area (Å²) in [6.07, 6.45) is 4.27. The monoisotopic (exact) mass is 179 g/mol. The van der Waals surface area contributed by atoms with Crippen molar-refractivity contribution in [1.82, 2.24) is 10.3 Å². The molecule has 1 aromatic heterocycles. The molecular formula is C9H13N3O. The van der Waals surface area contributed by atoms with Crippen molar-refractivity contribution in [2.45, 2.75) is 12.5 Å². The molecule has 13 heavy (non-hydrogen) atoms. The van der Waals surface area contributed by atoms with E-state index in [0.29, 0.717) is 12.5 Å². The fourth-order valence-electron chi connectivity index (χ4n) is 1.63. The van der Waals surface area contributed by atoms with Gasteiger partial charge in [0.2, 0.25) is 5.91 Å². The zero-order chi connectivity index (χ0) is 9.26. The van der Waals surface area contributed by atoms with Gasteiger partial charge in [-0.1, -0.05) is 0 Å². The van der Waals surface area contributed by atoms with Crippen LogP contribution in [0.3, 0.4) is 0 Å². The first-order valence-corrected chi connectivity index (χ1v) is 4.41. The van der Waals surface area contributed by atoms with Gasteiger partial charge >= 0.3 is 0 Å². The third kappa shape index (κ3) is 1.45. The molecule has 0 aromatic carbocycles. The number of hydrogen-bond donors (Lipinski definition) is 2. The fourth-order valence-corrected chi connectivity index (χ4v) is 1.63. The number of nitrogens with one attached hydrogen (secondary N) is 2. The minimum Gasteiger partial charge on any atom is -0.366 e. The summed E-state index contributed by atoms with van der Waals surface area (Å²) >= 11 is 0. The number of hydrogen-bond acceptors (Lipinski definition) is 2. The first-order chi connectivity index (χ1) is 6.31. The summed E-state index contributed by atoms with van der Waals surface area (Å²) in [5, 5.41) is 3.11. The van der Waals surface area contributed by atoms with E-state index in [1.807, 2.05) is 25.5 Å². The summed E-state index contributed by atoms with van der Waals surface area (Å²) in [6.45, 7) is 0.771. The lowest BCUT2D eigenvalue weighted by Crippen LogP contribution is -2.29. The third-order valence-corrected chi connectivity index (χ3v) is 2.43. The molecule has 2 heterocycles. The van der Waals surface area contributed by atoms with Gasteiger partial charge in [0.25, 0.3) is 0 Å². The highest BCUT2D eigenvalue weighted by Crippen LogP contribution is 2.20. The standard InChI is InChI=1S/C9H13N3O/c1-10-7-4-9(13)12(6-7)8-2-3-11-5-8/h2-3,5,7,10-11H,4,6H2,1H3.